The van der Waals surface area contributed by atoms with E-state index in [4.69, 9.17) is 23.7 Å². The van der Waals surface area contributed by atoms with Crippen LogP contribution in [0.4, 0.5) is 0 Å². The number of hydrogen-bond donors (Lipinski definition) is 4. The molecular weight excluding hydrogens is 656 g/mol. The molecule has 50 heavy (non-hydrogen) atoms. The third-order valence-electron chi connectivity index (χ3n) is 7.96. The number of ketones is 1. The third-order valence-corrected chi connectivity index (χ3v) is 7.96. The highest BCUT2D eigenvalue weighted by molar-refractivity contribution is 6.12. The summed E-state index contributed by atoms with van der Waals surface area (Å²) in [5.41, 5.74) is -0.266. The van der Waals surface area contributed by atoms with Gasteiger partial charge in [0.1, 0.15) is 43.0 Å². The third kappa shape index (κ3) is 12.8. The molecule has 15 nitrogen and oxygen atoms in total. The maximum atomic E-state index is 12.5. The fourth-order valence-electron chi connectivity index (χ4n) is 4.88. The van der Waals surface area contributed by atoms with Crippen molar-refractivity contribution in [2.45, 2.75) is 103 Å². The van der Waals surface area contributed by atoms with Crippen molar-refractivity contribution in [3.63, 3.8) is 0 Å². The summed E-state index contributed by atoms with van der Waals surface area (Å²) in [5, 5.41) is 32.8. The van der Waals surface area contributed by atoms with E-state index >= 15 is 0 Å². The van der Waals surface area contributed by atoms with Crippen LogP contribution in [0.2, 0.25) is 0 Å². The fourth-order valence-corrected chi connectivity index (χ4v) is 4.88. The first-order valence-electron chi connectivity index (χ1n) is 16.9. The Morgan fingerprint density at radius 2 is 1.68 bits per heavy atom. The molecule has 2 heterocycles. The Labute approximate surface area is 291 Å². The molecule has 1 aromatic rings. The second-order valence-corrected chi connectivity index (χ2v) is 13.3. The van der Waals surface area contributed by atoms with Crippen molar-refractivity contribution in [1.82, 2.24) is 10.2 Å². The van der Waals surface area contributed by atoms with Crippen molar-refractivity contribution in [1.29, 1.82) is 0 Å². The Bertz CT molecular complexity index is 1340. The molecule has 0 saturated carbocycles. The summed E-state index contributed by atoms with van der Waals surface area (Å²) in [5.74, 6) is -0.854. The molecule has 15 heteroatoms. The molecule has 0 aliphatic carbocycles. The Balaban J connectivity index is 1.35. The lowest BCUT2D eigenvalue weighted by Gasteiger charge is -2.35. The van der Waals surface area contributed by atoms with Gasteiger partial charge in [0.25, 0.3) is 11.8 Å². The molecule has 278 valence electrons. The largest absolute Gasteiger partial charge is 0.491 e. The molecule has 3 amide bonds. The van der Waals surface area contributed by atoms with E-state index in [1.165, 1.54) is 23.1 Å². The smallest absolute Gasteiger partial charge is 0.311 e. The number of ether oxygens (including phenoxy) is 5. The molecule has 1 fully saturated rings. The number of imide groups is 1. The lowest BCUT2D eigenvalue weighted by atomic mass is 9.97. The number of rotatable bonds is 20. The van der Waals surface area contributed by atoms with E-state index in [9.17, 15) is 39.3 Å². The SMILES string of the molecule is C[C@@H](NC(=O)CCCCCN1C(=O)C=CC1=O)C(=O)CCCOCCOc1ccc(COC(=O)C(C)(C)C)c(O[C@@H]2OC[C@@H](O)[C@H](O)[C@H]2O)c1. The topological polar surface area (TPSA) is 207 Å². The van der Waals surface area contributed by atoms with Crippen molar-refractivity contribution < 1.29 is 63.0 Å². The second-order valence-electron chi connectivity index (χ2n) is 13.3. The fraction of sp³-hybridized carbons (Fsp3) is 0.629. The zero-order chi connectivity index (χ0) is 36.8. The maximum absolute atomic E-state index is 12.5. The van der Waals surface area contributed by atoms with Gasteiger partial charge < -0.3 is 44.3 Å². The monoisotopic (exact) mass is 706 g/mol. The van der Waals surface area contributed by atoms with Crippen molar-refractivity contribution in [2.75, 3.05) is 33.0 Å². The van der Waals surface area contributed by atoms with Gasteiger partial charge in [0.05, 0.1) is 24.7 Å². The molecule has 0 aromatic heterocycles. The zero-order valence-electron chi connectivity index (χ0n) is 29.1. The summed E-state index contributed by atoms with van der Waals surface area (Å²) in [4.78, 5) is 61.3. The molecule has 1 aromatic carbocycles. The van der Waals surface area contributed by atoms with Gasteiger partial charge in [0.15, 0.2) is 5.78 Å². The van der Waals surface area contributed by atoms with Crippen molar-refractivity contribution in [3.05, 3.63) is 35.9 Å². The lowest BCUT2D eigenvalue weighted by molar-refractivity contribution is -0.242. The van der Waals surface area contributed by atoms with Crippen molar-refractivity contribution >= 4 is 29.5 Å². The van der Waals surface area contributed by atoms with Crippen LogP contribution in [0.1, 0.15) is 71.8 Å². The predicted molar refractivity (Wildman–Crippen MR) is 177 cm³/mol. The number of carbonyl (C=O) groups excluding carboxylic acids is 5. The van der Waals surface area contributed by atoms with Crippen LogP contribution >= 0.6 is 0 Å². The average molecular weight is 707 g/mol. The highest BCUT2D eigenvalue weighted by Gasteiger charge is 2.39. The summed E-state index contributed by atoms with van der Waals surface area (Å²) in [6.45, 7) is 7.42. The maximum Gasteiger partial charge on any atom is 0.311 e. The normalized spacial score (nSPS) is 21.2. The molecule has 0 radical (unpaired) electrons. The summed E-state index contributed by atoms with van der Waals surface area (Å²) in [7, 11) is 0. The summed E-state index contributed by atoms with van der Waals surface area (Å²) in [6.07, 6.45) is -0.331. The molecule has 0 spiro atoms. The zero-order valence-corrected chi connectivity index (χ0v) is 29.1. The van der Waals surface area contributed by atoms with Crippen LogP contribution in [0, 0.1) is 5.41 Å². The van der Waals surface area contributed by atoms with E-state index in [-0.39, 0.29) is 68.5 Å². The first-order chi connectivity index (χ1) is 23.7. The molecule has 2 aliphatic heterocycles. The van der Waals surface area contributed by atoms with Gasteiger partial charge in [0.2, 0.25) is 12.2 Å². The summed E-state index contributed by atoms with van der Waals surface area (Å²) in [6, 6.07) is 4.17. The van der Waals surface area contributed by atoms with Crippen LogP contribution in [0.3, 0.4) is 0 Å². The highest BCUT2D eigenvalue weighted by Crippen LogP contribution is 2.30. The first kappa shape index (κ1) is 40.5. The van der Waals surface area contributed by atoms with Crippen LogP contribution in [0.15, 0.2) is 30.4 Å². The van der Waals surface area contributed by atoms with Gasteiger partial charge in [-0.3, -0.25) is 28.9 Å². The molecule has 2 aliphatic rings. The Morgan fingerprint density at radius 3 is 2.38 bits per heavy atom. The van der Waals surface area contributed by atoms with Gasteiger partial charge >= 0.3 is 5.97 Å². The minimum Gasteiger partial charge on any atom is -0.491 e. The Morgan fingerprint density at radius 1 is 0.960 bits per heavy atom. The van der Waals surface area contributed by atoms with Gasteiger partial charge in [-0.15, -0.1) is 0 Å². The Kier molecular flexibility index (Phi) is 15.8. The minimum absolute atomic E-state index is 0.119. The van der Waals surface area contributed by atoms with E-state index in [2.05, 4.69) is 5.32 Å². The molecule has 3 rings (SSSR count). The number of hydrogen-bond acceptors (Lipinski definition) is 13. The number of Topliss-reactive ketones (excluding diaryl/α,β-unsaturated/α-hetero) is 1. The standard InChI is InChI=1S/C35H50N2O13/c1-22(36-28(40)10-6-5-7-15-37-29(41)13-14-30(37)42)25(38)9-8-16-46-17-18-47-24-12-11-23(20-49-34(45)35(2,3)4)27(19-24)50-33-32(44)31(43)26(39)21-48-33/h11-14,19,22,26,31-33,39,43-44H,5-10,15-18,20-21H2,1-4H3,(H,36,40)/t22-,26-,31+,32-,33+/m1/s1. The molecule has 1 saturated heterocycles. The predicted octanol–water partition coefficient (Wildman–Crippen LogP) is 1.33. The van der Waals surface area contributed by atoms with Crippen LogP contribution in [-0.2, 0) is 44.8 Å². The molecule has 5 atom stereocenters. The van der Waals surface area contributed by atoms with Crippen LogP contribution in [0.5, 0.6) is 11.5 Å². The minimum atomic E-state index is -1.53. The van der Waals surface area contributed by atoms with Crippen LogP contribution in [0.25, 0.3) is 0 Å². The van der Waals surface area contributed by atoms with Crippen LogP contribution < -0.4 is 14.8 Å². The highest BCUT2D eigenvalue weighted by atomic mass is 16.7. The molecule has 0 bridgehead atoms. The number of nitrogens with zero attached hydrogens (tertiary/aromatic N) is 1. The average Bonchev–Trinajstić information content (AvgIpc) is 3.39. The molecular formula is C35H50N2O13. The first-order valence-corrected chi connectivity index (χ1v) is 16.9. The van der Waals surface area contributed by atoms with E-state index in [1.54, 1.807) is 39.8 Å². The quantitative estimate of drug-likeness (QED) is 0.0859. The van der Waals surface area contributed by atoms with Gasteiger partial charge in [-0.1, -0.05) is 6.42 Å². The van der Waals surface area contributed by atoms with Crippen molar-refractivity contribution in [2.24, 2.45) is 5.41 Å². The van der Waals surface area contributed by atoms with E-state index < -0.39 is 42.0 Å². The number of carbonyl (C=O) groups is 5. The van der Waals surface area contributed by atoms with E-state index in [0.29, 0.717) is 50.1 Å². The number of aliphatic hydroxyl groups excluding tert-OH is 3. The van der Waals surface area contributed by atoms with Gasteiger partial charge in [-0.25, -0.2) is 0 Å². The van der Waals surface area contributed by atoms with Crippen molar-refractivity contribution in [3.8, 4) is 11.5 Å². The number of benzene rings is 1. The molecule has 4 N–H and O–H groups in total. The van der Waals surface area contributed by atoms with Gasteiger partial charge in [-0.05, 0) is 59.1 Å². The number of unbranched alkanes of at least 4 members (excludes halogenated alkanes) is 2. The number of esters is 1. The molecule has 0 unspecified atom stereocenters. The van der Waals surface area contributed by atoms with Gasteiger partial charge in [-0.2, -0.15) is 0 Å². The van der Waals surface area contributed by atoms with E-state index in [0.717, 1.165) is 0 Å². The lowest BCUT2D eigenvalue weighted by Crippen LogP contribution is -2.54. The number of nitrogens with one attached hydrogen (secondary N) is 1. The van der Waals surface area contributed by atoms with Crippen LogP contribution in [-0.4, -0.2) is 113 Å². The number of amides is 3. The Hall–Kier alpha value is -3.89. The summed E-state index contributed by atoms with van der Waals surface area (Å²) < 4.78 is 28.0. The summed E-state index contributed by atoms with van der Waals surface area (Å²) >= 11 is 0. The number of aliphatic hydroxyl groups is 3. The van der Waals surface area contributed by atoms with E-state index in [1.807, 2.05) is 0 Å². The second kappa shape index (κ2) is 19.5. The van der Waals surface area contributed by atoms with Gasteiger partial charge in [0, 0.05) is 49.8 Å².